The summed E-state index contributed by atoms with van der Waals surface area (Å²) < 4.78 is 4.62. The number of ether oxygens (including phenoxy) is 1. The molecule has 29 heavy (non-hydrogen) atoms. The number of amides is 1. The van der Waals surface area contributed by atoms with Gasteiger partial charge in [-0.15, -0.1) is 0 Å². The number of hydrogen-bond donors (Lipinski definition) is 0. The lowest BCUT2D eigenvalue weighted by molar-refractivity contribution is -0.141. The second kappa shape index (κ2) is 8.36. The van der Waals surface area contributed by atoms with Crippen molar-refractivity contribution in [2.45, 2.75) is 44.9 Å². The average molecular weight is 393 g/mol. The predicted molar refractivity (Wildman–Crippen MR) is 111 cm³/mol. The second-order valence-corrected chi connectivity index (χ2v) is 8.08. The van der Waals surface area contributed by atoms with Crippen molar-refractivity contribution < 1.29 is 19.1 Å². The van der Waals surface area contributed by atoms with Crippen LogP contribution >= 0.6 is 0 Å². The monoisotopic (exact) mass is 393 g/mol. The number of esters is 1. The molecule has 1 fully saturated rings. The minimum atomic E-state index is -0.295. The van der Waals surface area contributed by atoms with E-state index in [0.29, 0.717) is 25.9 Å². The van der Waals surface area contributed by atoms with E-state index in [2.05, 4.69) is 22.9 Å². The summed E-state index contributed by atoms with van der Waals surface area (Å²) in [4.78, 5) is 38.9. The van der Waals surface area contributed by atoms with Gasteiger partial charge in [-0.1, -0.05) is 30.3 Å². The molecule has 0 saturated carbocycles. The van der Waals surface area contributed by atoms with Gasteiger partial charge < -0.3 is 9.64 Å². The highest BCUT2D eigenvalue weighted by molar-refractivity contribution is 6.11. The molecule has 0 N–H and O–H groups in total. The Morgan fingerprint density at radius 2 is 1.86 bits per heavy atom. The summed E-state index contributed by atoms with van der Waals surface area (Å²) in [7, 11) is 1.35. The van der Waals surface area contributed by atoms with Crippen molar-refractivity contribution in [1.29, 1.82) is 0 Å². The Morgan fingerprint density at radius 1 is 1.07 bits per heavy atom. The Labute approximate surface area is 171 Å². The van der Waals surface area contributed by atoms with Crippen LogP contribution in [0.2, 0.25) is 0 Å². The third kappa shape index (κ3) is 3.91. The van der Waals surface area contributed by atoms with Crippen molar-refractivity contribution in [3.05, 3.63) is 47.0 Å². The number of hydrogen-bond acceptors (Lipinski definition) is 4. The normalized spacial score (nSPS) is 18.1. The largest absolute Gasteiger partial charge is 0.469 e. The molecule has 152 valence electrons. The van der Waals surface area contributed by atoms with Gasteiger partial charge in [0.2, 0.25) is 5.91 Å². The molecule has 2 aliphatic rings. The summed E-state index contributed by atoms with van der Waals surface area (Å²) in [6.45, 7) is 1.16. The van der Waals surface area contributed by atoms with E-state index in [1.165, 1.54) is 23.6 Å². The van der Waals surface area contributed by atoms with E-state index < -0.39 is 0 Å². The molecule has 1 heterocycles. The van der Waals surface area contributed by atoms with Gasteiger partial charge in [-0.05, 0) is 54.0 Å². The highest BCUT2D eigenvalue weighted by atomic mass is 16.5. The molecule has 1 unspecified atom stereocenters. The Kier molecular flexibility index (Phi) is 5.65. The quantitative estimate of drug-likeness (QED) is 0.554. The molecule has 2 aromatic rings. The summed E-state index contributed by atoms with van der Waals surface area (Å²) >= 11 is 0. The van der Waals surface area contributed by atoms with E-state index in [9.17, 15) is 14.4 Å². The Balaban J connectivity index is 1.47. The van der Waals surface area contributed by atoms with Crippen molar-refractivity contribution in [3.63, 3.8) is 0 Å². The van der Waals surface area contributed by atoms with Crippen molar-refractivity contribution >= 4 is 28.4 Å². The van der Waals surface area contributed by atoms with Crippen LogP contribution in [0.1, 0.15) is 53.6 Å². The lowest BCUT2D eigenvalue weighted by Gasteiger charge is -2.32. The van der Waals surface area contributed by atoms with Gasteiger partial charge in [0, 0.05) is 37.4 Å². The second-order valence-electron chi connectivity index (χ2n) is 8.08. The maximum Gasteiger partial charge on any atom is 0.305 e. The van der Waals surface area contributed by atoms with Gasteiger partial charge in [-0.3, -0.25) is 14.4 Å². The number of benzene rings is 2. The van der Waals surface area contributed by atoms with E-state index >= 15 is 0 Å². The van der Waals surface area contributed by atoms with E-state index in [1.54, 1.807) is 4.90 Å². The summed E-state index contributed by atoms with van der Waals surface area (Å²) in [6.07, 6.45) is 4.78. The molecule has 0 aromatic heterocycles. The fraction of sp³-hybridized carbons (Fsp3) is 0.458. The molecular formula is C24H27NO4. The van der Waals surface area contributed by atoms with E-state index in [-0.39, 0.29) is 30.0 Å². The number of carbonyl (C=O) groups is 3. The molecule has 1 aliphatic heterocycles. The minimum absolute atomic E-state index is 0.0202. The molecule has 1 atom stereocenters. The van der Waals surface area contributed by atoms with Crippen molar-refractivity contribution in [2.75, 3.05) is 20.2 Å². The first-order chi connectivity index (χ1) is 14.1. The number of methoxy groups -OCH3 is 1. The highest BCUT2D eigenvalue weighted by Gasteiger charge is 2.30. The van der Waals surface area contributed by atoms with Crippen LogP contribution in [-0.2, 0) is 27.2 Å². The van der Waals surface area contributed by atoms with Gasteiger partial charge in [0.25, 0.3) is 0 Å². The maximum atomic E-state index is 13.4. The summed E-state index contributed by atoms with van der Waals surface area (Å²) in [5, 5.41) is 2.31. The lowest BCUT2D eigenvalue weighted by atomic mass is 9.87. The lowest BCUT2D eigenvalue weighted by Crippen LogP contribution is -2.42. The topological polar surface area (TPSA) is 63.7 Å². The molecule has 4 rings (SSSR count). The van der Waals surface area contributed by atoms with E-state index in [0.717, 1.165) is 36.6 Å². The number of nitrogens with zero attached hydrogens (tertiary/aromatic N) is 1. The van der Waals surface area contributed by atoms with Crippen LogP contribution < -0.4 is 0 Å². The van der Waals surface area contributed by atoms with Crippen LogP contribution in [0.5, 0.6) is 0 Å². The van der Waals surface area contributed by atoms with Gasteiger partial charge in [-0.2, -0.15) is 0 Å². The van der Waals surface area contributed by atoms with Crippen LogP contribution in [0.3, 0.4) is 0 Å². The maximum absolute atomic E-state index is 13.4. The first-order valence-electron chi connectivity index (χ1n) is 10.5. The summed E-state index contributed by atoms with van der Waals surface area (Å²) in [6, 6.07) is 10.3. The Hall–Kier alpha value is -2.69. The number of Topliss-reactive ketones (excluding diaryl/α,β-unsaturated/α-hetero) is 1. The predicted octanol–water partition coefficient (Wildman–Crippen LogP) is 3.70. The van der Waals surface area contributed by atoms with E-state index in [4.69, 9.17) is 0 Å². The van der Waals surface area contributed by atoms with Gasteiger partial charge in [-0.25, -0.2) is 0 Å². The molecule has 2 aromatic carbocycles. The molecule has 0 spiro atoms. The highest BCUT2D eigenvalue weighted by Crippen LogP contribution is 2.34. The standard InChI is InChI=1S/C24H27NO4/c1-29-22(27)9-3-8-21(26)25-14-4-6-18(15-25)24(28)20-13-12-17-11-10-16-5-2-7-19(20)23(16)17/h2,5,7,12-13,18H,3-4,6,8-11,14-15H2,1H3. The van der Waals surface area contributed by atoms with Crippen LogP contribution in [-0.4, -0.2) is 42.8 Å². The minimum Gasteiger partial charge on any atom is -0.469 e. The van der Waals surface area contributed by atoms with Crippen LogP contribution in [0.4, 0.5) is 0 Å². The third-order valence-corrected chi connectivity index (χ3v) is 6.29. The first kappa shape index (κ1) is 19.6. The fourth-order valence-corrected chi connectivity index (χ4v) is 4.74. The van der Waals surface area contributed by atoms with Gasteiger partial charge in [0.05, 0.1) is 7.11 Å². The third-order valence-electron chi connectivity index (χ3n) is 6.29. The molecular weight excluding hydrogens is 366 g/mol. The fourth-order valence-electron chi connectivity index (χ4n) is 4.74. The van der Waals surface area contributed by atoms with E-state index in [1.807, 2.05) is 12.1 Å². The average Bonchev–Trinajstić information content (AvgIpc) is 3.18. The SMILES string of the molecule is COC(=O)CCCC(=O)N1CCCC(C(=O)c2ccc3c4c(cccc24)CC3)C1. The smallest absolute Gasteiger partial charge is 0.305 e. The van der Waals surface area contributed by atoms with Crippen molar-refractivity contribution in [1.82, 2.24) is 4.90 Å². The number of ketones is 1. The zero-order valence-corrected chi connectivity index (χ0v) is 16.9. The zero-order chi connectivity index (χ0) is 20.4. The van der Waals surface area contributed by atoms with Crippen LogP contribution in [0.15, 0.2) is 30.3 Å². The molecule has 1 amide bonds. The first-order valence-corrected chi connectivity index (χ1v) is 10.5. The van der Waals surface area contributed by atoms with Crippen LogP contribution in [0, 0.1) is 5.92 Å². The van der Waals surface area contributed by atoms with Crippen molar-refractivity contribution in [3.8, 4) is 0 Å². The molecule has 5 nitrogen and oxygen atoms in total. The Bertz CT molecular complexity index is 955. The number of likely N-dealkylation sites (tertiary alicyclic amines) is 1. The summed E-state index contributed by atoms with van der Waals surface area (Å²) in [5.74, 6) is -0.289. The number of rotatable bonds is 6. The van der Waals surface area contributed by atoms with Crippen molar-refractivity contribution in [2.24, 2.45) is 5.92 Å². The van der Waals surface area contributed by atoms with Gasteiger partial charge in [0.15, 0.2) is 5.78 Å². The number of piperidine rings is 1. The zero-order valence-electron chi connectivity index (χ0n) is 16.9. The number of aryl methyl sites for hydroxylation is 2. The molecule has 5 heteroatoms. The van der Waals surface area contributed by atoms with Gasteiger partial charge >= 0.3 is 5.97 Å². The molecule has 1 aliphatic carbocycles. The molecule has 0 bridgehead atoms. The molecule has 1 saturated heterocycles. The summed E-state index contributed by atoms with van der Waals surface area (Å²) in [5.41, 5.74) is 3.45. The van der Waals surface area contributed by atoms with Gasteiger partial charge in [0.1, 0.15) is 0 Å². The Morgan fingerprint density at radius 3 is 2.66 bits per heavy atom. The molecule has 0 radical (unpaired) electrons. The number of carbonyl (C=O) groups excluding carboxylic acids is 3. The van der Waals surface area contributed by atoms with Crippen LogP contribution in [0.25, 0.3) is 10.8 Å².